The van der Waals surface area contributed by atoms with Gasteiger partial charge in [0.1, 0.15) is 17.4 Å². The Labute approximate surface area is 182 Å². The Hall–Kier alpha value is -3.17. The van der Waals surface area contributed by atoms with Crippen molar-refractivity contribution in [2.75, 3.05) is 31.7 Å². The summed E-state index contributed by atoms with van der Waals surface area (Å²) in [6, 6.07) is 0.337. The molecule has 0 unspecified atom stereocenters. The maximum atomic E-state index is 15.3. The van der Waals surface area contributed by atoms with Gasteiger partial charge < -0.3 is 24.0 Å². The normalized spacial score (nSPS) is 20.9. The molecule has 0 amide bonds. The molecule has 0 spiro atoms. The van der Waals surface area contributed by atoms with E-state index in [1.165, 1.54) is 11.7 Å². The average molecular weight is 450 g/mol. The summed E-state index contributed by atoms with van der Waals surface area (Å²) < 4.78 is 41.2. The molecule has 2 atom stereocenters. The fourth-order valence-corrected chi connectivity index (χ4v) is 4.38. The number of carboxylic acid groups (broad SMARTS) is 1. The summed E-state index contributed by atoms with van der Waals surface area (Å²) in [4.78, 5) is 38.1. The van der Waals surface area contributed by atoms with Crippen molar-refractivity contribution < 1.29 is 33.0 Å². The number of carbonyl (C=O) groups is 2. The van der Waals surface area contributed by atoms with Gasteiger partial charge in [0, 0.05) is 25.7 Å². The molecule has 1 aliphatic heterocycles. The molecule has 1 aromatic heterocycles. The number of fused-ring (bicyclic) bond motifs is 1. The fraction of sp³-hybridized carbons (Fsp3) is 0.500. The van der Waals surface area contributed by atoms with E-state index >= 15 is 4.39 Å². The molecule has 32 heavy (non-hydrogen) atoms. The van der Waals surface area contributed by atoms with Crippen molar-refractivity contribution in [2.45, 2.75) is 38.4 Å². The largest absolute Gasteiger partial charge is 0.492 e. The molecule has 1 aromatic carbocycles. The van der Waals surface area contributed by atoms with Crippen LogP contribution in [0.5, 0.6) is 5.75 Å². The number of hydrogen-bond donors (Lipinski definition) is 1. The van der Waals surface area contributed by atoms with Gasteiger partial charge in [0.15, 0.2) is 11.6 Å². The van der Waals surface area contributed by atoms with Crippen LogP contribution in [-0.2, 0) is 9.53 Å². The van der Waals surface area contributed by atoms with Crippen LogP contribution in [0.15, 0.2) is 17.1 Å². The van der Waals surface area contributed by atoms with Gasteiger partial charge in [0.05, 0.1) is 36.6 Å². The third-order valence-corrected chi connectivity index (χ3v) is 6.10. The average Bonchev–Trinajstić information content (AvgIpc) is 3.49. The molecule has 2 fully saturated rings. The van der Waals surface area contributed by atoms with Crippen molar-refractivity contribution in [1.29, 1.82) is 0 Å². The Morgan fingerprint density at radius 2 is 1.94 bits per heavy atom. The quantitative estimate of drug-likeness (QED) is 0.676. The molecule has 2 aromatic rings. The minimum absolute atomic E-state index is 0.0442. The van der Waals surface area contributed by atoms with Crippen molar-refractivity contribution >= 4 is 28.5 Å². The van der Waals surface area contributed by atoms with Gasteiger partial charge in [0.25, 0.3) is 0 Å². The maximum Gasteiger partial charge on any atom is 0.341 e. The van der Waals surface area contributed by atoms with E-state index in [4.69, 9.17) is 9.47 Å². The van der Waals surface area contributed by atoms with E-state index in [2.05, 4.69) is 0 Å². The minimum Gasteiger partial charge on any atom is -0.492 e. The number of ether oxygens (including phenoxy) is 2. The zero-order chi connectivity index (χ0) is 23.2. The lowest BCUT2D eigenvalue weighted by atomic mass is 9.96. The van der Waals surface area contributed by atoms with Crippen LogP contribution in [0.2, 0.25) is 0 Å². The van der Waals surface area contributed by atoms with Crippen LogP contribution in [0.1, 0.15) is 42.6 Å². The van der Waals surface area contributed by atoms with Gasteiger partial charge in [-0.1, -0.05) is 0 Å². The molecule has 4 rings (SSSR count). The molecule has 1 N–H and O–H groups in total. The molecule has 0 bridgehead atoms. The first-order valence-electron chi connectivity index (χ1n) is 10.5. The van der Waals surface area contributed by atoms with E-state index in [1.54, 1.807) is 11.8 Å². The predicted molar refractivity (Wildman–Crippen MR) is 112 cm³/mol. The number of nitrogens with zero attached hydrogens (tertiary/aromatic N) is 2. The summed E-state index contributed by atoms with van der Waals surface area (Å²) in [6.45, 7) is 2.74. The third kappa shape index (κ3) is 3.67. The SMILES string of the molecule is CCOC(=O)C1CCN(c2c(F)cc3c(=O)c(C(=O)O)cn([C@H]4C[C@H]4F)c3c2OC)CC1. The van der Waals surface area contributed by atoms with Crippen molar-refractivity contribution in [3.63, 3.8) is 0 Å². The van der Waals surface area contributed by atoms with E-state index in [1.807, 2.05) is 0 Å². The Kier molecular flexibility index (Phi) is 5.79. The molecule has 8 nitrogen and oxygen atoms in total. The standard InChI is InChI=1S/C22H24F2N2O6/c1-3-32-22(30)11-4-6-25(7-5-11)18-15(24)8-12-17(20(18)31-2)26(16-9-14(16)23)10-13(19(12)27)21(28)29/h8,10-11,14,16H,3-7,9H2,1-2H3,(H,28,29)/t14-,16+/m1/s1. The van der Waals surface area contributed by atoms with Crippen LogP contribution >= 0.6 is 0 Å². The van der Waals surface area contributed by atoms with Gasteiger partial charge >= 0.3 is 11.9 Å². The summed E-state index contributed by atoms with van der Waals surface area (Å²) in [5.74, 6) is -2.73. The summed E-state index contributed by atoms with van der Waals surface area (Å²) in [5, 5.41) is 9.22. The van der Waals surface area contributed by atoms with E-state index in [0.717, 1.165) is 12.3 Å². The van der Waals surface area contributed by atoms with Crippen LogP contribution in [0.4, 0.5) is 14.5 Å². The molecule has 0 radical (unpaired) electrons. The molecule has 2 heterocycles. The van der Waals surface area contributed by atoms with Crippen LogP contribution in [0.3, 0.4) is 0 Å². The molecular weight excluding hydrogens is 426 g/mol. The number of halogens is 2. The van der Waals surface area contributed by atoms with Gasteiger partial charge in [-0.2, -0.15) is 0 Å². The Morgan fingerprint density at radius 1 is 1.28 bits per heavy atom. The van der Waals surface area contributed by atoms with E-state index < -0.39 is 35.0 Å². The van der Waals surface area contributed by atoms with E-state index in [9.17, 15) is 23.9 Å². The van der Waals surface area contributed by atoms with Crippen LogP contribution < -0.4 is 15.1 Å². The highest BCUT2D eigenvalue weighted by atomic mass is 19.1. The van der Waals surface area contributed by atoms with Crippen molar-refractivity contribution in [2.24, 2.45) is 5.92 Å². The van der Waals surface area contributed by atoms with Crippen molar-refractivity contribution in [3.05, 3.63) is 33.9 Å². The highest BCUT2D eigenvalue weighted by Crippen LogP contribution is 2.45. The Bertz CT molecular complexity index is 1140. The first-order chi connectivity index (χ1) is 15.3. The molecule has 1 saturated heterocycles. The number of benzene rings is 1. The Balaban J connectivity index is 1.82. The van der Waals surface area contributed by atoms with Gasteiger partial charge in [-0.15, -0.1) is 0 Å². The molecule has 2 aliphatic rings. The molecule has 1 saturated carbocycles. The fourth-order valence-electron chi connectivity index (χ4n) is 4.38. The third-order valence-electron chi connectivity index (χ3n) is 6.10. The van der Waals surface area contributed by atoms with Crippen molar-refractivity contribution in [1.82, 2.24) is 4.57 Å². The summed E-state index contributed by atoms with van der Waals surface area (Å²) in [7, 11) is 1.32. The van der Waals surface area contributed by atoms with Gasteiger partial charge in [-0.25, -0.2) is 13.6 Å². The molecular formula is C22H24F2N2O6. The highest BCUT2D eigenvalue weighted by molar-refractivity contribution is 5.97. The summed E-state index contributed by atoms with van der Waals surface area (Å²) in [5.41, 5.74) is -1.14. The van der Waals surface area contributed by atoms with Gasteiger partial charge in [-0.3, -0.25) is 9.59 Å². The number of rotatable bonds is 6. The first kappa shape index (κ1) is 22.0. The number of piperidine rings is 1. The smallest absolute Gasteiger partial charge is 0.341 e. The van der Waals surface area contributed by atoms with E-state index in [-0.39, 0.29) is 40.6 Å². The monoisotopic (exact) mass is 450 g/mol. The number of methoxy groups -OCH3 is 1. The van der Waals surface area contributed by atoms with Crippen LogP contribution in [-0.4, -0.2) is 54.6 Å². The number of carbonyl (C=O) groups excluding carboxylic acids is 1. The lowest BCUT2D eigenvalue weighted by molar-refractivity contribution is -0.148. The number of anilines is 1. The zero-order valence-corrected chi connectivity index (χ0v) is 17.8. The van der Waals surface area contributed by atoms with Gasteiger partial charge in [-0.05, 0) is 25.8 Å². The van der Waals surface area contributed by atoms with Crippen LogP contribution in [0, 0.1) is 11.7 Å². The molecule has 10 heteroatoms. The lowest BCUT2D eigenvalue weighted by Crippen LogP contribution is -2.37. The number of esters is 1. The number of pyridine rings is 1. The molecule has 1 aliphatic carbocycles. The lowest BCUT2D eigenvalue weighted by Gasteiger charge is -2.34. The summed E-state index contributed by atoms with van der Waals surface area (Å²) in [6.07, 6.45) is 0.992. The highest BCUT2D eigenvalue weighted by Gasteiger charge is 2.41. The maximum absolute atomic E-state index is 15.3. The minimum atomic E-state index is -1.47. The second-order valence-corrected chi connectivity index (χ2v) is 8.05. The number of carboxylic acids is 1. The van der Waals surface area contributed by atoms with Crippen molar-refractivity contribution in [3.8, 4) is 5.75 Å². The topological polar surface area (TPSA) is 98.1 Å². The number of hydrogen-bond acceptors (Lipinski definition) is 6. The summed E-state index contributed by atoms with van der Waals surface area (Å²) >= 11 is 0. The van der Waals surface area contributed by atoms with Gasteiger partial charge in [0.2, 0.25) is 5.43 Å². The number of aromatic carboxylic acids is 1. The molecule has 172 valence electrons. The van der Waals surface area contributed by atoms with Crippen LogP contribution in [0.25, 0.3) is 10.9 Å². The first-order valence-corrected chi connectivity index (χ1v) is 10.5. The number of alkyl halides is 1. The Morgan fingerprint density at radius 3 is 2.47 bits per heavy atom. The second kappa shape index (κ2) is 8.40. The number of aromatic nitrogens is 1. The predicted octanol–water partition coefficient (Wildman–Crippen LogP) is 2.91. The van der Waals surface area contributed by atoms with E-state index in [0.29, 0.717) is 32.5 Å². The zero-order valence-electron chi connectivity index (χ0n) is 17.8. The second-order valence-electron chi connectivity index (χ2n) is 8.05.